The van der Waals surface area contributed by atoms with E-state index in [0.717, 1.165) is 0 Å². The van der Waals surface area contributed by atoms with Gasteiger partial charge in [0.05, 0.1) is 23.8 Å². The number of carbonyl (C=O) groups is 2. The summed E-state index contributed by atoms with van der Waals surface area (Å²) in [6.45, 7) is -0.171. The second-order valence-electron chi connectivity index (χ2n) is 5.23. The monoisotopic (exact) mass is 302 g/mol. The van der Waals surface area contributed by atoms with Gasteiger partial charge in [0.1, 0.15) is 6.54 Å². The summed E-state index contributed by atoms with van der Waals surface area (Å²) in [5, 5.41) is 0.463. The van der Waals surface area contributed by atoms with Gasteiger partial charge in [-0.25, -0.2) is 4.98 Å². The summed E-state index contributed by atoms with van der Waals surface area (Å²) < 4.78 is 1.25. The first kappa shape index (κ1) is 15.7. The van der Waals surface area contributed by atoms with Crippen molar-refractivity contribution in [2.45, 2.75) is 6.54 Å². The highest BCUT2D eigenvalue weighted by molar-refractivity contribution is 5.84. The first-order chi connectivity index (χ1) is 10.4. The van der Waals surface area contributed by atoms with Crippen LogP contribution in [-0.2, 0) is 16.1 Å². The zero-order valence-corrected chi connectivity index (χ0v) is 12.8. The van der Waals surface area contributed by atoms with Gasteiger partial charge >= 0.3 is 0 Å². The maximum Gasteiger partial charge on any atom is 0.261 e. The molecule has 1 aromatic carbocycles. The minimum atomic E-state index is -0.325. The SMILES string of the molecule is CN(C)C(=O)CN(C)C(=O)Cn1cnc2ccccc2c1=O. The van der Waals surface area contributed by atoms with Crippen molar-refractivity contribution in [1.82, 2.24) is 19.4 Å². The lowest BCUT2D eigenvalue weighted by Crippen LogP contribution is -2.40. The molecule has 0 aliphatic heterocycles. The number of para-hydroxylation sites is 1. The third-order valence-corrected chi connectivity index (χ3v) is 3.33. The first-order valence-corrected chi connectivity index (χ1v) is 6.78. The van der Waals surface area contributed by atoms with E-state index in [1.165, 1.54) is 27.7 Å². The van der Waals surface area contributed by atoms with Crippen molar-refractivity contribution in [2.75, 3.05) is 27.7 Å². The normalized spacial score (nSPS) is 10.5. The lowest BCUT2D eigenvalue weighted by atomic mass is 10.2. The standard InChI is InChI=1S/C15H18N4O3/c1-17(2)13(20)8-18(3)14(21)9-19-10-16-12-7-5-4-6-11(12)15(19)22/h4-7,10H,8-9H2,1-3H3. The highest BCUT2D eigenvalue weighted by atomic mass is 16.2. The van der Waals surface area contributed by atoms with Gasteiger partial charge in [0.25, 0.3) is 5.56 Å². The summed E-state index contributed by atoms with van der Waals surface area (Å²) in [4.78, 5) is 42.9. The second-order valence-corrected chi connectivity index (χ2v) is 5.23. The fraction of sp³-hybridized carbons (Fsp3) is 0.333. The van der Waals surface area contributed by atoms with Crippen LogP contribution in [0.3, 0.4) is 0 Å². The average molecular weight is 302 g/mol. The van der Waals surface area contributed by atoms with E-state index >= 15 is 0 Å². The molecule has 0 saturated carbocycles. The highest BCUT2D eigenvalue weighted by Gasteiger charge is 2.15. The number of amides is 2. The zero-order chi connectivity index (χ0) is 16.3. The summed E-state index contributed by atoms with van der Waals surface area (Å²) in [5.41, 5.74) is 0.318. The number of fused-ring (bicyclic) bond motifs is 1. The predicted octanol–water partition coefficient (Wildman–Crippen LogP) is -0.0569. The molecule has 0 aliphatic carbocycles. The van der Waals surface area contributed by atoms with Crippen LogP contribution in [0.15, 0.2) is 35.4 Å². The lowest BCUT2D eigenvalue weighted by molar-refractivity contribution is -0.138. The molecule has 22 heavy (non-hydrogen) atoms. The number of nitrogens with zero attached hydrogens (tertiary/aromatic N) is 4. The molecule has 0 radical (unpaired) electrons. The molecule has 7 heteroatoms. The molecule has 0 atom stereocenters. The summed E-state index contributed by atoms with van der Waals surface area (Å²) >= 11 is 0. The van der Waals surface area contributed by atoms with E-state index in [1.54, 1.807) is 38.4 Å². The van der Waals surface area contributed by atoms with E-state index in [0.29, 0.717) is 10.9 Å². The molecule has 2 amide bonds. The molecule has 0 bridgehead atoms. The fourth-order valence-electron chi connectivity index (χ4n) is 1.92. The molecule has 2 rings (SSSR count). The molecular weight excluding hydrogens is 284 g/mol. The Kier molecular flexibility index (Phi) is 4.55. The van der Waals surface area contributed by atoms with Crippen LogP contribution in [0.1, 0.15) is 0 Å². The number of hydrogen-bond donors (Lipinski definition) is 0. The first-order valence-electron chi connectivity index (χ1n) is 6.78. The summed E-state index contributed by atoms with van der Waals surface area (Å²) in [5.74, 6) is -0.505. The maximum atomic E-state index is 12.3. The third-order valence-electron chi connectivity index (χ3n) is 3.33. The van der Waals surface area contributed by atoms with Crippen LogP contribution in [0.2, 0.25) is 0 Å². The van der Waals surface area contributed by atoms with E-state index in [4.69, 9.17) is 0 Å². The van der Waals surface area contributed by atoms with Crippen LogP contribution in [0.5, 0.6) is 0 Å². The molecule has 0 saturated heterocycles. The molecule has 0 spiro atoms. The van der Waals surface area contributed by atoms with Crippen LogP contribution in [0, 0.1) is 0 Å². The number of benzene rings is 1. The Balaban J connectivity index is 2.17. The molecule has 1 heterocycles. The van der Waals surface area contributed by atoms with Crippen LogP contribution in [-0.4, -0.2) is 58.9 Å². The summed E-state index contributed by atoms with van der Waals surface area (Å²) in [6, 6.07) is 6.96. The molecule has 0 fully saturated rings. The van der Waals surface area contributed by atoms with Crippen molar-refractivity contribution in [3.05, 3.63) is 40.9 Å². The molecular formula is C15H18N4O3. The van der Waals surface area contributed by atoms with E-state index < -0.39 is 0 Å². The van der Waals surface area contributed by atoms with Crippen molar-refractivity contribution >= 4 is 22.7 Å². The molecule has 2 aromatic rings. The molecule has 1 aromatic heterocycles. The molecule has 7 nitrogen and oxygen atoms in total. The average Bonchev–Trinajstić information content (AvgIpc) is 2.50. The van der Waals surface area contributed by atoms with Gasteiger partial charge in [-0.15, -0.1) is 0 Å². The Morgan fingerprint density at radius 2 is 1.82 bits per heavy atom. The van der Waals surface area contributed by atoms with E-state index in [-0.39, 0.29) is 30.5 Å². The number of rotatable bonds is 4. The Bertz CT molecular complexity index is 767. The van der Waals surface area contributed by atoms with Crippen molar-refractivity contribution in [1.29, 1.82) is 0 Å². The van der Waals surface area contributed by atoms with Crippen molar-refractivity contribution < 1.29 is 9.59 Å². The molecule has 0 unspecified atom stereocenters. The Hall–Kier alpha value is -2.70. The topological polar surface area (TPSA) is 75.5 Å². The number of carbonyl (C=O) groups excluding carboxylic acids is 2. The van der Waals surface area contributed by atoms with Crippen molar-refractivity contribution in [2.24, 2.45) is 0 Å². The quantitative estimate of drug-likeness (QED) is 0.793. The Labute approximate surface area is 127 Å². The minimum absolute atomic E-state index is 0.0262. The molecule has 0 aliphatic rings. The Morgan fingerprint density at radius 1 is 1.14 bits per heavy atom. The third kappa shape index (κ3) is 3.30. The van der Waals surface area contributed by atoms with Gasteiger partial charge in [-0.2, -0.15) is 0 Å². The van der Waals surface area contributed by atoms with Gasteiger partial charge in [0, 0.05) is 21.1 Å². The number of aromatic nitrogens is 2. The van der Waals surface area contributed by atoms with Gasteiger partial charge in [-0.05, 0) is 12.1 Å². The van der Waals surface area contributed by atoms with E-state index in [2.05, 4.69) is 4.98 Å². The van der Waals surface area contributed by atoms with Gasteiger partial charge in [0.2, 0.25) is 11.8 Å². The van der Waals surface area contributed by atoms with Crippen LogP contribution in [0.4, 0.5) is 0 Å². The number of likely N-dealkylation sites (N-methyl/N-ethyl adjacent to an activating group) is 2. The van der Waals surface area contributed by atoms with Crippen LogP contribution < -0.4 is 5.56 Å². The molecule has 116 valence electrons. The Morgan fingerprint density at radius 3 is 2.50 bits per heavy atom. The van der Waals surface area contributed by atoms with Gasteiger partial charge in [0.15, 0.2) is 0 Å². The predicted molar refractivity (Wildman–Crippen MR) is 82.3 cm³/mol. The summed E-state index contributed by atoms with van der Waals surface area (Å²) in [7, 11) is 4.78. The number of hydrogen-bond acceptors (Lipinski definition) is 4. The van der Waals surface area contributed by atoms with Crippen molar-refractivity contribution in [3.8, 4) is 0 Å². The van der Waals surface area contributed by atoms with E-state index in [1.807, 2.05) is 0 Å². The molecule has 0 N–H and O–H groups in total. The summed E-state index contributed by atoms with van der Waals surface area (Å²) in [6.07, 6.45) is 1.35. The minimum Gasteiger partial charge on any atom is -0.347 e. The fourth-order valence-corrected chi connectivity index (χ4v) is 1.92. The van der Waals surface area contributed by atoms with Gasteiger partial charge in [-0.1, -0.05) is 12.1 Å². The largest absolute Gasteiger partial charge is 0.347 e. The smallest absolute Gasteiger partial charge is 0.261 e. The maximum absolute atomic E-state index is 12.3. The van der Waals surface area contributed by atoms with Crippen LogP contribution in [0.25, 0.3) is 10.9 Å². The zero-order valence-electron chi connectivity index (χ0n) is 12.8. The van der Waals surface area contributed by atoms with Gasteiger partial charge in [-0.3, -0.25) is 19.0 Å². The lowest BCUT2D eigenvalue weighted by Gasteiger charge is -2.19. The van der Waals surface area contributed by atoms with E-state index in [9.17, 15) is 14.4 Å². The van der Waals surface area contributed by atoms with Crippen molar-refractivity contribution in [3.63, 3.8) is 0 Å². The second kappa shape index (κ2) is 6.38. The highest BCUT2D eigenvalue weighted by Crippen LogP contribution is 2.04. The van der Waals surface area contributed by atoms with Crippen LogP contribution >= 0.6 is 0 Å². The van der Waals surface area contributed by atoms with Gasteiger partial charge < -0.3 is 9.80 Å².